The summed E-state index contributed by atoms with van der Waals surface area (Å²) in [6, 6.07) is 2.24. The second kappa shape index (κ2) is 18.0. The highest BCUT2D eigenvalue weighted by atomic mass is 16.7. The molecule has 7 aliphatic rings. The van der Waals surface area contributed by atoms with Crippen molar-refractivity contribution in [1.29, 1.82) is 5.26 Å². The number of nitrogens with two attached hydrogens (primary N) is 1. The van der Waals surface area contributed by atoms with Gasteiger partial charge in [0, 0.05) is 47.4 Å². The first kappa shape index (κ1) is 48.0. The van der Waals surface area contributed by atoms with Gasteiger partial charge in [0.2, 0.25) is 12.2 Å². The molecule has 11 atom stereocenters. The highest BCUT2D eigenvalue weighted by Gasteiger charge is 2.76. The van der Waals surface area contributed by atoms with E-state index in [2.05, 4.69) is 22.8 Å². The molecule has 4 fully saturated rings. The Bertz CT molecular complexity index is 2350. The van der Waals surface area contributed by atoms with Crippen molar-refractivity contribution in [1.82, 2.24) is 10.6 Å². The molecule has 1 spiro atoms. The molecule has 10 N–H and O–H groups in total. The van der Waals surface area contributed by atoms with Crippen LogP contribution in [0.1, 0.15) is 97.8 Å². The number of hydrogen-bond donors (Lipinski definition) is 9. The molecule has 3 saturated carbocycles. The predicted octanol–water partition coefficient (Wildman–Crippen LogP) is 3.09. The molecule has 352 valence electrons. The van der Waals surface area contributed by atoms with Gasteiger partial charge in [-0.25, -0.2) is 0 Å². The van der Waals surface area contributed by atoms with Gasteiger partial charge < -0.3 is 66.0 Å². The first-order valence-electron chi connectivity index (χ1n) is 22.5. The Morgan fingerprint density at radius 2 is 1.77 bits per heavy atom. The number of dihydropyridines is 1. The number of aliphatic hydroxyl groups is 6. The van der Waals surface area contributed by atoms with Crippen LogP contribution in [0.5, 0.6) is 17.2 Å². The van der Waals surface area contributed by atoms with E-state index < -0.39 is 83.6 Å². The average molecular weight is 901 g/mol. The number of ketones is 1. The van der Waals surface area contributed by atoms with Crippen LogP contribution in [0.25, 0.3) is 11.8 Å². The number of nitrogens with zero attached hydrogens (tertiary/aromatic N) is 1. The van der Waals surface area contributed by atoms with Crippen LogP contribution in [-0.2, 0) is 20.7 Å². The molecular formula is C49H64N4O12. The van der Waals surface area contributed by atoms with Crippen LogP contribution in [0.15, 0.2) is 58.0 Å². The van der Waals surface area contributed by atoms with Gasteiger partial charge in [-0.1, -0.05) is 43.2 Å². The first-order chi connectivity index (χ1) is 30.7. The molecule has 4 aliphatic heterocycles. The Hall–Kier alpha value is -4.99. The number of Topliss-reactive ketones (excluding diaryl/α,β-unsaturated/α-hetero) is 1. The van der Waals surface area contributed by atoms with E-state index in [1.165, 1.54) is 6.08 Å². The molecule has 65 heavy (non-hydrogen) atoms. The van der Waals surface area contributed by atoms with Crippen molar-refractivity contribution in [3.8, 4) is 23.3 Å². The van der Waals surface area contributed by atoms with E-state index in [9.17, 15) is 40.7 Å². The summed E-state index contributed by atoms with van der Waals surface area (Å²) in [6.45, 7) is 14.4. The van der Waals surface area contributed by atoms with Gasteiger partial charge >= 0.3 is 0 Å². The third-order valence-electron chi connectivity index (χ3n) is 13.9. The van der Waals surface area contributed by atoms with E-state index in [-0.39, 0.29) is 72.4 Å². The highest BCUT2D eigenvalue weighted by Crippen LogP contribution is 2.69. The lowest BCUT2D eigenvalue weighted by Crippen LogP contribution is -2.78. The van der Waals surface area contributed by atoms with Crippen LogP contribution < -0.4 is 30.6 Å². The van der Waals surface area contributed by atoms with Crippen molar-refractivity contribution in [3.05, 3.63) is 74.7 Å². The monoisotopic (exact) mass is 900 g/mol. The van der Waals surface area contributed by atoms with Crippen molar-refractivity contribution < 1.29 is 59.2 Å². The normalized spacial score (nSPS) is 33.2. The van der Waals surface area contributed by atoms with E-state index in [1.807, 2.05) is 66.7 Å². The number of ether oxygens (including phenoxy) is 4. The average Bonchev–Trinajstić information content (AvgIpc) is 3.25. The number of rotatable bonds is 14. The van der Waals surface area contributed by atoms with Crippen molar-refractivity contribution in [2.24, 2.45) is 29.4 Å². The van der Waals surface area contributed by atoms with E-state index in [0.717, 1.165) is 11.1 Å². The van der Waals surface area contributed by atoms with Crippen LogP contribution in [0.2, 0.25) is 0 Å². The maximum absolute atomic E-state index is 15.2. The lowest BCUT2D eigenvalue weighted by atomic mass is 9.43. The zero-order chi connectivity index (χ0) is 47.5. The Kier molecular flexibility index (Phi) is 13.3. The van der Waals surface area contributed by atoms with Gasteiger partial charge in [-0.2, -0.15) is 5.26 Å². The van der Waals surface area contributed by atoms with E-state index in [1.54, 1.807) is 6.92 Å². The van der Waals surface area contributed by atoms with Crippen LogP contribution in [0.3, 0.4) is 0 Å². The number of aliphatic hydroxyl groups excluding tert-OH is 5. The van der Waals surface area contributed by atoms with Crippen LogP contribution in [0, 0.1) is 35.0 Å². The van der Waals surface area contributed by atoms with Gasteiger partial charge in [-0.15, -0.1) is 0 Å². The van der Waals surface area contributed by atoms with E-state index in [0.29, 0.717) is 41.0 Å². The zero-order valence-corrected chi connectivity index (χ0v) is 38.4. The molecule has 4 heterocycles. The van der Waals surface area contributed by atoms with Gasteiger partial charge in [0.15, 0.2) is 17.0 Å². The second-order valence-corrected chi connectivity index (χ2v) is 19.3. The predicted molar refractivity (Wildman–Crippen MR) is 239 cm³/mol. The number of carbonyl (C=O) groups is 2. The van der Waals surface area contributed by atoms with E-state index >= 15 is 4.79 Å². The topological polar surface area (TPSA) is 266 Å². The SMILES string of the molecule is CC(C)=CCCC1(C)C=Cc2c(c(CC=C(C)C)c3c(c2O[C@H]2O[C@@H](CO)[C@H](O)[C@@H](O)[C@@H]2O)C2=C4C(C(C#N)=C(N)N2)C2CC(C(C)C)C4(O3)C(O)(C/C=C(/C)C(=O)NCCO)C2=O)O1. The van der Waals surface area contributed by atoms with Gasteiger partial charge in [0.25, 0.3) is 0 Å². The molecule has 8 rings (SSSR count). The maximum atomic E-state index is 15.2. The summed E-state index contributed by atoms with van der Waals surface area (Å²) in [5.74, 6) is -3.23. The fraction of sp³-hybridized carbons (Fsp3) is 0.571. The van der Waals surface area contributed by atoms with Crippen LogP contribution in [0.4, 0.5) is 0 Å². The minimum atomic E-state index is -2.33. The Morgan fingerprint density at radius 1 is 1.06 bits per heavy atom. The molecule has 1 aromatic carbocycles. The number of amides is 1. The maximum Gasteiger partial charge on any atom is 0.246 e. The second-order valence-electron chi connectivity index (χ2n) is 19.3. The highest BCUT2D eigenvalue weighted by molar-refractivity contribution is 6.01. The summed E-state index contributed by atoms with van der Waals surface area (Å²) < 4.78 is 27.3. The molecule has 1 saturated heterocycles. The van der Waals surface area contributed by atoms with Gasteiger partial charge in [-0.05, 0) is 85.3 Å². The molecule has 0 aromatic heterocycles. The van der Waals surface area contributed by atoms with Gasteiger partial charge in [0.1, 0.15) is 53.1 Å². The Balaban J connectivity index is 1.57. The molecule has 6 unspecified atom stereocenters. The standard InChI is InChI=1S/C49H64N4O12/c1-23(2)10-9-15-47(8)16-14-28-40(64-47)27(12-11-24(3)4)42-34(41(28)63-46-39(58)38(57)37(56)32(22-55)62-46)36-35-33(30(21-50)44(51)53-36)29-20-31(25(5)6)49(35,65-42)48(61,43(29)59)17-13-26(7)45(60)52-18-19-54/h10-11,13-14,16,25,29,31-33,37-39,46,53-58,61H,9,12,15,17-20,22,51H2,1-8H3,(H,52,60)/b26-13-/t29?,31?,32-,33?,37-,38+,39-,46+,47?,48?,49?/m0/s1. The molecule has 16 nitrogen and oxygen atoms in total. The van der Waals surface area contributed by atoms with Gasteiger partial charge in [0.05, 0.1) is 41.7 Å². The number of benzene rings is 1. The fourth-order valence-electron chi connectivity index (χ4n) is 10.6. The molecule has 0 radical (unpaired) electrons. The van der Waals surface area contributed by atoms with Gasteiger partial charge in [-0.3, -0.25) is 9.59 Å². The minimum Gasteiger partial charge on any atom is -0.482 e. The fourth-order valence-corrected chi connectivity index (χ4v) is 10.6. The number of carbonyl (C=O) groups excluding carboxylic acids is 2. The number of nitriles is 1. The smallest absolute Gasteiger partial charge is 0.246 e. The Labute approximate surface area is 379 Å². The lowest BCUT2D eigenvalue weighted by molar-refractivity contribution is -0.277. The third-order valence-corrected chi connectivity index (χ3v) is 13.9. The molecule has 1 amide bonds. The van der Waals surface area contributed by atoms with Crippen molar-refractivity contribution >= 4 is 23.5 Å². The molecule has 3 aliphatic carbocycles. The summed E-state index contributed by atoms with van der Waals surface area (Å²) in [5, 5.41) is 82.8. The molecule has 2 bridgehead atoms. The summed E-state index contributed by atoms with van der Waals surface area (Å²) in [5.41, 5.74) is 5.97. The molecule has 16 heteroatoms. The first-order valence-corrected chi connectivity index (χ1v) is 22.5. The van der Waals surface area contributed by atoms with E-state index in [4.69, 9.17) is 24.7 Å². The number of nitrogens with one attached hydrogen (secondary N) is 2. The van der Waals surface area contributed by atoms with Crippen molar-refractivity contribution in [2.45, 2.75) is 135 Å². The third kappa shape index (κ3) is 7.88. The minimum absolute atomic E-state index is 0.000385. The summed E-state index contributed by atoms with van der Waals surface area (Å²) >= 11 is 0. The molecule has 1 aromatic rings. The number of allylic oxidation sites excluding steroid dienone is 5. The number of fused-ring (bicyclic) bond motifs is 5. The molecular weight excluding hydrogens is 837 g/mol. The lowest BCUT2D eigenvalue weighted by Gasteiger charge is -2.65. The van der Waals surface area contributed by atoms with Crippen LogP contribution >= 0.6 is 0 Å². The number of hydrogen-bond acceptors (Lipinski definition) is 15. The largest absolute Gasteiger partial charge is 0.482 e. The quantitative estimate of drug-likeness (QED) is 0.0960. The summed E-state index contributed by atoms with van der Waals surface area (Å²) in [6.07, 6.45) is 2.49. The van der Waals surface area contributed by atoms with Crippen LogP contribution in [-0.4, -0.2) is 110 Å². The van der Waals surface area contributed by atoms with Crippen molar-refractivity contribution in [3.63, 3.8) is 0 Å². The summed E-state index contributed by atoms with van der Waals surface area (Å²) in [7, 11) is 0. The zero-order valence-electron chi connectivity index (χ0n) is 38.4. The summed E-state index contributed by atoms with van der Waals surface area (Å²) in [4.78, 5) is 28.3. The van der Waals surface area contributed by atoms with Crippen molar-refractivity contribution in [2.75, 3.05) is 19.8 Å². The Morgan fingerprint density at radius 3 is 2.40 bits per heavy atom.